The van der Waals surface area contributed by atoms with E-state index in [4.69, 9.17) is 4.74 Å². The van der Waals surface area contributed by atoms with Crippen LogP contribution >= 0.6 is 0 Å². The Kier molecular flexibility index (Phi) is 4.68. The minimum absolute atomic E-state index is 0.0656. The molecule has 2 rings (SSSR count). The SMILES string of the molecule is Cc1cc(OC(C)C)ccc1NCc1cc(O)cc(F)c1. The van der Waals surface area contributed by atoms with Gasteiger partial charge in [-0.15, -0.1) is 0 Å². The molecule has 0 aliphatic heterocycles. The number of rotatable bonds is 5. The molecule has 2 aromatic carbocycles. The summed E-state index contributed by atoms with van der Waals surface area (Å²) in [6.07, 6.45) is 0.137. The number of phenols is 1. The number of hydrogen-bond donors (Lipinski definition) is 2. The number of ether oxygens (including phenoxy) is 1. The van der Waals surface area contributed by atoms with Gasteiger partial charge in [0, 0.05) is 18.3 Å². The highest BCUT2D eigenvalue weighted by Crippen LogP contribution is 2.23. The lowest BCUT2D eigenvalue weighted by Crippen LogP contribution is -2.06. The molecule has 0 atom stereocenters. The molecule has 112 valence electrons. The molecule has 0 aliphatic rings. The molecular weight excluding hydrogens is 269 g/mol. The first-order valence-electron chi connectivity index (χ1n) is 6.93. The topological polar surface area (TPSA) is 41.5 Å². The number of halogens is 1. The van der Waals surface area contributed by atoms with Crippen molar-refractivity contribution in [2.75, 3.05) is 5.32 Å². The van der Waals surface area contributed by atoms with Crippen molar-refractivity contribution in [3.05, 3.63) is 53.3 Å². The molecule has 0 saturated carbocycles. The van der Waals surface area contributed by atoms with Gasteiger partial charge in [0.2, 0.25) is 0 Å². The van der Waals surface area contributed by atoms with Crippen LogP contribution in [0.15, 0.2) is 36.4 Å². The molecule has 0 heterocycles. The molecule has 0 saturated heterocycles. The van der Waals surface area contributed by atoms with Gasteiger partial charge in [-0.25, -0.2) is 4.39 Å². The van der Waals surface area contributed by atoms with Crippen LogP contribution in [0.1, 0.15) is 25.0 Å². The first-order chi connectivity index (χ1) is 9.94. The fourth-order valence-corrected chi connectivity index (χ4v) is 2.11. The van der Waals surface area contributed by atoms with Crippen LogP contribution in [0.5, 0.6) is 11.5 Å². The monoisotopic (exact) mass is 289 g/mol. The van der Waals surface area contributed by atoms with Crippen molar-refractivity contribution in [3.63, 3.8) is 0 Å². The molecule has 0 radical (unpaired) electrons. The fraction of sp³-hybridized carbons (Fsp3) is 0.294. The summed E-state index contributed by atoms with van der Waals surface area (Å²) >= 11 is 0. The van der Waals surface area contributed by atoms with Crippen LogP contribution in [0.2, 0.25) is 0 Å². The van der Waals surface area contributed by atoms with E-state index >= 15 is 0 Å². The standard InChI is InChI=1S/C17H20FNO2/c1-11(2)21-16-4-5-17(12(3)6-16)19-10-13-7-14(18)9-15(20)8-13/h4-9,11,19-20H,10H2,1-3H3. The summed E-state index contributed by atoms with van der Waals surface area (Å²) in [6.45, 7) is 6.39. The second-order valence-corrected chi connectivity index (χ2v) is 5.31. The van der Waals surface area contributed by atoms with E-state index in [9.17, 15) is 9.50 Å². The molecule has 0 spiro atoms. The fourth-order valence-electron chi connectivity index (χ4n) is 2.11. The third-order valence-corrected chi connectivity index (χ3v) is 2.99. The molecule has 2 N–H and O–H groups in total. The van der Waals surface area contributed by atoms with Gasteiger partial charge >= 0.3 is 0 Å². The molecule has 0 bridgehead atoms. The van der Waals surface area contributed by atoms with E-state index in [1.807, 2.05) is 39.0 Å². The lowest BCUT2D eigenvalue weighted by atomic mass is 10.1. The van der Waals surface area contributed by atoms with Crippen LogP contribution in [-0.4, -0.2) is 11.2 Å². The quantitative estimate of drug-likeness (QED) is 0.865. The molecule has 2 aromatic rings. The Hall–Kier alpha value is -2.23. The van der Waals surface area contributed by atoms with Crippen molar-refractivity contribution in [1.82, 2.24) is 0 Å². The Balaban J connectivity index is 2.06. The highest BCUT2D eigenvalue weighted by Gasteiger charge is 2.04. The summed E-state index contributed by atoms with van der Waals surface area (Å²) in [5.41, 5.74) is 2.69. The zero-order valence-corrected chi connectivity index (χ0v) is 12.5. The third kappa shape index (κ3) is 4.38. The number of anilines is 1. The van der Waals surface area contributed by atoms with Crippen molar-refractivity contribution in [1.29, 1.82) is 0 Å². The van der Waals surface area contributed by atoms with Gasteiger partial charge in [-0.3, -0.25) is 0 Å². The van der Waals surface area contributed by atoms with E-state index in [0.717, 1.165) is 23.1 Å². The Bertz CT molecular complexity index is 606. The van der Waals surface area contributed by atoms with Crippen LogP contribution in [0.4, 0.5) is 10.1 Å². The van der Waals surface area contributed by atoms with Gasteiger partial charge in [0.05, 0.1) is 6.10 Å². The smallest absolute Gasteiger partial charge is 0.127 e. The number of nitrogens with one attached hydrogen (secondary N) is 1. The van der Waals surface area contributed by atoms with Crippen molar-refractivity contribution < 1.29 is 14.2 Å². The van der Waals surface area contributed by atoms with Crippen LogP contribution in [-0.2, 0) is 6.54 Å². The van der Waals surface area contributed by atoms with Gasteiger partial charge in [-0.05, 0) is 62.2 Å². The molecule has 0 amide bonds. The third-order valence-electron chi connectivity index (χ3n) is 2.99. The van der Waals surface area contributed by atoms with E-state index in [2.05, 4.69) is 5.32 Å². The van der Waals surface area contributed by atoms with E-state index < -0.39 is 5.82 Å². The highest BCUT2D eigenvalue weighted by atomic mass is 19.1. The zero-order chi connectivity index (χ0) is 15.4. The normalized spacial score (nSPS) is 10.7. The first kappa shape index (κ1) is 15.2. The molecule has 21 heavy (non-hydrogen) atoms. The Morgan fingerprint density at radius 3 is 2.57 bits per heavy atom. The Labute approximate surface area is 124 Å². The number of aromatic hydroxyl groups is 1. The zero-order valence-electron chi connectivity index (χ0n) is 12.5. The first-order valence-corrected chi connectivity index (χ1v) is 6.93. The van der Waals surface area contributed by atoms with Gasteiger partial charge in [-0.2, -0.15) is 0 Å². The number of hydrogen-bond acceptors (Lipinski definition) is 3. The molecule has 4 heteroatoms. The maximum atomic E-state index is 13.2. The summed E-state index contributed by atoms with van der Waals surface area (Å²) in [4.78, 5) is 0. The lowest BCUT2D eigenvalue weighted by Gasteiger charge is -2.14. The van der Waals surface area contributed by atoms with Crippen molar-refractivity contribution in [3.8, 4) is 11.5 Å². The minimum atomic E-state index is -0.441. The van der Waals surface area contributed by atoms with Crippen molar-refractivity contribution in [2.45, 2.75) is 33.4 Å². The summed E-state index contributed by atoms with van der Waals surface area (Å²) in [5.74, 6) is 0.324. The molecule has 0 unspecified atom stereocenters. The molecule has 0 aliphatic carbocycles. The van der Waals surface area contributed by atoms with E-state index in [1.165, 1.54) is 6.07 Å². The number of phenolic OH excluding ortho intramolecular Hbond substituents is 1. The molecule has 3 nitrogen and oxygen atoms in total. The van der Waals surface area contributed by atoms with E-state index in [0.29, 0.717) is 12.1 Å². The summed E-state index contributed by atoms with van der Waals surface area (Å²) in [7, 11) is 0. The Morgan fingerprint density at radius 2 is 1.95 bits per heavy atom. The molecule has 0 fully saturated rings. The predicted molar refractivity (Wildman–Crippen MR) is 82.3 cm³/mol. The minimum Gasteiger partial charge on any atom is -0.508 e. The predicted octanol–water partition coefficient (Wildman–Crippen LogP) is 4.24. The maximum Gasteiger partial charge on any atom is 0.127 e. The number of aryl methyl sites for hydroxylation is 1. The largest absolute Gasteiger partial charge is 0.508 e. The van der Waals surface area contributed by atoms with Gasteiger partial charge < -0.3 is 15.2 Å². The lowest BCUT2D eigenvalue weighted by molar-refractivity contribution is 0.242. The number of benzene rings is 2. The van der Waals surface area contributed by atoms with Gasteiger partial charge in [-0.1, -0.05) is 0 Å². The van der Waals surface area contributed by atoms with Crippen molar-refractivity contribution >= 4 is 5.69 Å². The summed E-state index contributed by atoms with van der Waals surface area (Å²) in [5, 5.41) is 12.6. The van der Waals surface area contributed by atoms with Crippen molar-refractivity contribution in [2.24, 2.45) is 0 Å². The second kappa shape index (κ2) is 6.48. The average Bonchev–Trinajstić information content (AvgIpc) is 2.36. The van der Waals surface area contributed by atoms with Gasteiger partial charge in [0.1, 0.15) is 17.3 Å². The van der Waals surface area contributed by atoms with Crippen LogP contribution < -0.4 is 10.1 Å². The summed E-state index contributed by atoms with van der Waals surface area (Å²) in [6, 6.07) is 9.84. The average molecular weight is 289 g/mol. The van der Waals surface area contributed by atoms with E-state index in [1.54, 1.807) is 6.07 Å². The van der Waals surface area contributed by atoms with Crippen LogP contribution in [0.3, 0.4) is 0 Å². The van der Waals surface area contributed by atoms with E-state index in [-0.39, 0.29) is 11.9 Å². The van der Waals surface area contributed by atoms with Gasteiger partial charge in [0.25, 0.3) is 0 Å². The second-order valence-electron chi connectivity index (χ2n) is 5.31. The highest BCUT2D eigenvalue weighted by molar-refractivity contribution is 5.54. The summed E-state index contributed by atoms with van der Waals surface area (Å²) < 4.78 is 18.8. The van der Waals surface area contributed by atoms with Crippen LogP contribution in [0.25, 0.3) is 0 Å². The van der Waals surface area contributed by atoms with Crippen LogP contribution in [0, 0.1) is 12.7 Å². The molecule has 0 aromatic heterocycles. The Morgan fingerprint density at radius 1 is 1.19 bits per heavy atom. The molecular formula is C17H20FNO2. The maximum absolute atomic E-state index is 13.2. The van der Waals surface area contributed by atoms with Gasteiger partial charge in [0.15, 0.2) is 0 Å².